The van der Waals surface area contributed by atoms with Crippen molar-refractivity contribution >= 4 is 17.9 Å². The van der Waals surface area contributed by atoms with Crippen LogP contribution in [0.4, 0.5) is 0 Å². The van der Waals surface area contributed by atoms with E-state index in [4.69, 9.17) is 34.2 Å². The van der Waals surface area contributed by atoms with E-state index in [0.717, 1.165) is 18.1 Å². The fourth-order valence-corrected chi connectivity index (χ4v) is 4.89. The zero-order valence-corrected chi connectivity index (χ0v) is 27.6. The first-order valence-electron chi connectivity index (χ1n) is 15.6. The van der Waals surface area contributed by atoms with Crippen molar-refractivity contribution in [3.63, 3.8) is 0 Å². The van der Waals surface area contributed by atoms with Gasteiger partial charge in [0.15, 0.2) is 35.7 Å². The number of guanidine groups is 1. The molecular weight excluding hydrogens is 658 g/mol. The molecule has 0 saturated carbocycles. The summed E-state index contributed by atoms with van der Waals surface area (Å²) >= 11 is 0. The Bertz CT molecular complexity index is 1670. The van der Waals surface area contributed by atoms with Crippen LogP contribution >= 0.6 is 0 Å². The number of hydrogen-bond acceptors (Lipinski definition) is 13. The lowest BCUT2D eigenvalue weighted by Crippen LogP contribution is -2.60. The molecule has 5 atom stereocenters. The summed E-state index contributed by atoms with van der Waals surface area (Å²) < 4.78 is 33.4. The Kier molecular flexibility index (Phi) is 13.1. The molecule has 0 radical (unpaired) electrons. The first-order valence-corrected chi connectivity index (χ1v) is 15.6. The predicted octanol–water partition coefficient (Wildman–Crippen LogP) is 1.20. The van der Waals surface area contributed by atoms with Crippen LogP contribution in [0.15, 0.2) is 59.6 Å². The minimum atomic E-state index is -1.80. The lowest BCUT2D eigenvalue weighted by Gasteiger charge is -2.40. The average Bonchev–Trinajstić information content (AvgIpc) is 3.12. The van der Waals surface area contributed by atoms with E-state index >= 15 is 0 Å². The van der Waals surface area contributed by atoms with Gasteiger partial charge in [0.25, 0.3) is 0 Å². The smallest absolute Gasteiger partial charge is 0.338 e. The Balaban J connectivity index is 1.44. The molecular formula is C34H41N3O13. The number of carboxylic acid groups (broad SMARTS) is 1. The monoisotopic (exact) mass is 699 g/mol. The molecule has 1 fully saturated rings. The Labute approximate surface area is 287 Å². The molecule has 0 aliphatic carbocycles. The number of aryl methyl sites for hydroxylation is 1. The van der Waals surface area contributed by atoms with Crippen molar-refractivity contribution in [2.75, 3.05) is 34.1 Å². The number of aromatic hydroxyl groups is 1. The van der Waals surface area contributed by atoms with E-state index in [-0.39, 0.29) is 59.2 Å². The largest absolute Gasteiger partial charge is 0.502 e. The van der Waals surface area contributed by atoms with E-state index in [2.05, 4.69) is 23.3 Å². The average molecular weight is 700 g/mol. The fraction of sp³-hybridized carbons (Fsp3) is 0.382. The minimum Gasteiger partial charge on any atom is -0.502 e. The zero-order chi connectivity index (χ0) is 36.4. The van der Waals surface area contributed by atoms with E-state index in [0.29, 0.717) is 6.42 Å². The summed E-state index contributed by atoms with van der Waals surface area (Å²) in [5.74, 6) is -2.66. The molecule has 4 rings (SSSR count). The van der Waals surface area contributed by atoms with Gasteiger partial charge in [-0.2, -0.15) is 0 Å². The van der Waals surface area contributed by atoms with E-state index in [1.54, 1.807) is 0 Å². The number of aliphatic hydroxyl groups is 3. The molecule has 0 amide bonds. The highest BCUT2D eigenvalue weighted by atomic mass is 16.7. The maximum atomic E-state index is 13.1. The van der Waals surface area contributed by atoms with Crippen LogP contribution in [0.2, 0.25) is 0 Å². The van der Waals surface area contributed by atoms with Crippen molar-refractivity contribution in [1.29, 1.82) is 0 Å². The van der Waals surface area contributed by atoms with Crippen molar-refractivity contribution in [3.8, 4) is 28.7 Å². The van der Waals surface area contributed by atoms with Crippen molar-refractivity contribution in [2.24, 2.45) is 10.7 Å². The van der Waals surface area contributed by atoms with Gasteiger partial charge in [-0.3, -0.25) is 4.99 Å². The molecule has 270 valence electrons. The van der Waals surface area contributed by atoms with Crippen molar-refractivity contribution < 1.29 is 63.5 Å². The van der Waals surface area contributed by atoms with Crippen LogP contribution in [0.25, 0.3) is 0 Å². The summed E-state index contributed by atoms with van der Waals surface area (Å²) in [6.45, 7) is 1.41. The molecule has 3 aromatic carbocycles. The summed E-state index contributed by atoms with van der Waals surface area (Å²) in [6.07, 6.45) is -6.88. The molecule has 1 heterocycles. The normalized spacial score (nSPS) is 20.4. The van der Waals surface area contributed by atoms with Crippen LogP contribution in [-0.2, 0) is 22.3 Å². The molecule has 0 bridgehead atoms. The van der Waals surface area contributed by atoms with Crippen molar-refractivity contribution in [2.45, 2.75) is 50.5 Å². The standard InChI is InChI=1S/C34H41N3O13/c1-4-18-6-5-7-19(12-18)10-11-46-25-15-21(14-24(45-3)27(25)38)32(44)47-16-26-28(39)29(40)30(41)33(50-26)49-22-9-8-20(31(42)43)13-23(22)48-17-37-34(35)36-2/h5-9,12-15,26,28-30,33,38-41H,4,10-11,16-17H2,1-3H3,(H,42,43)(H3,35,36,37)/t26-,28-,29+,30-,33-/m1/s1. The molecule has 0 spiro atoms. The van der Waals surface area contributed by atoms with Gasteiger partial charge in [0, 0.05) is 13.5 Å². The molecule has 1 saturated heterocycles. The number of aliphatic hydroxyl groups excluding tert-OH is 3. The predicted molar refractivity (Wildman–Crippen MR) is 177 cm³/mol. The van der Waals surface area contributed by atoms with Gasteiger partial charge in [0.1, 0.15) is 31.0 Å². The number of methoxy groups -OCH3 is 1. The molecule has 1 aliphatic heterocycles. The van der Waals surface area contributed by atoms with Gasteiger partial charge >= 0.3 is 11.9 Å². The van der Waals surface area contributed by atoms with Crippen LogP contribution in [0.3, 0.4) is 0 Å². The maximum Gasteiger partial charge on any atom is 0.338 e. The number of esters is 1. The highest BCUT2D eigenvalue weighted by Crippen LogP contribution is 2.38. The summed E-state index contributed by atoms with van der Waals surface area (Å²) in [6, 6.07) is 14.2. The lowest BCUT2D eigenvalue weighted by atomic mass is 9.99. The highest BCUT2D eigenvalue weighted by Gasteiger charge is 2.46. The highest BCUT2D eigenvalue weighted by molar-refractivity contribution is 5.91. The molecule has 0 aromatic heterocycles. The van der Waals surface area contributed by atoms with Crippen LogP contribution in [-0.4, -0.2) is 108 Å². The third-order valence-electron chi connectivity index (χ3n) is 7.75. The third-order valence-corrected chi connectivity index (χ3v) is 7.75. The number of rotatable bonds is 15. The number of ether oxygens (including phenoxy) is 6. The van der Waals surface area contributed by atoms with Crippen LogP contribution in [0.1, 0.15) is 38.8 Å². The van der Waals surface area contributed by atoms with Gasteiger partial charge in [-0.1, -0.05) is 31.2 Å². The van der Waals surface area contributed by atoms with E-state index in [1.165, 1.54) is 44.0 Å². The summed E-state index contributed by atoms with van der Waals surface area (Å²) in [4.78, 5) is 28.4. The molecule has 50 heavy (non-hydrogen) atoms. The number of carboxylic acids is 1. The Hall–Kier alpha value is -5.29. The number of aromatic carboxylic acids is 1. The Morgan fingerprint density at radius 3 is 2.34 bits per heavy atom. The summed E-state index contributed by atoms with van der Waals surface area (Å²) in [7, 11) is 2.75. The first-order chi connectivity index (χ1) is 23.9. The third kappa shape index (κ3) is 9.44. The number of nitrogens with two attached hydrogens (primary N) is 1. The number of phenols is 1. The lowest BCUT2D eigenvalue weighted by molar-refractivity contribution is -0.277. The summed E-state index contributed by atoms with van der Waals surface area (Å²) in [5.41, 5.74) is 7.62. The van der Waals surface area contributed by atoms with Gasteiger partial charge in [-0.25, -0.2) is 9.59 Å². The number of aliphatic imine (C=N–C) groups is 1. The number of nitrogens with one attached hydrogen (secondary N) is 1. The second kappa shape index (κ2) is 17.4. The Morgan fingerprint density at radius 2 is 1.64 bits per heavy atom. The van der Waals surface area contributed by atoms with Gasteiger partial charge in [-0.05, 0) is 47.9 Å². The van der Waals surface area contributed by atoms with E-state index < -0.39 is 49.3 Å². The fourth-order valence-electron chi connectivity index (χ4n) is 4.89. The van der Waals surface area contributed by atoms with Crippen LogP contribution < -0.4 is 30.0 Å². The minimum absolute atomic E-state index is 0.0179. The number of phenolic OH excluding ortho intramolecular Hbond substituents is 1. The summed E-state index contributed by atoms with van der Waals surface area (Å²) in [5, 5.41) is 54.5. The number of benzene rings is 3. The number of nitrogens with zero attached hydrogens (tertiary/aromatic N) is 1. The van der Waals surface area contributed by atoms with E-state index in [1.807, 2.05) is 18.2 Å². The quantitative estimate of drug-likeness (QED) is 0.0510. The number of hydrogen-bond donors (Lipinski definition) is 7. The molecule has 8 N–H and O–H groups in total. The Morgan fingerprint density at radius 1 is 0.920 bits per heavy atom. The van der Waals surface area contributed by atoms with E-state index in [9.17, 15) is 35.1 Å². The van der Waals surface area contributed by atoms with Crippen LogP contribution in [0, 0.1) is 0 Å². The molecule has 3 aromatic rings. The number of carbonyl (C=O) groups is 2. The molecule has 16 nitrogen and oxygen atoms in total. The van der Waals surface area contributed by atoms with Crippen molar-refractivity contribution in [3.05, 3.63) is 76.9 Å². The van der Waals surface area contributed by atoms with Gasteiger partial charge < -0.3 is 65.0 Å². The number of carbonyl (C=O) groups excluding carboxylic acids is 1. The molecule has 0 unspecified atom stereocenters. The second-order valence-corrected chi connectivity index (χ2v) is 11.1. The van der Waals surface area contributed by atoms with Crippen LogP contribution in [0.5, 0.6) is 28.7 Å². The van der Waals surface area contributed by atoms with Gasteiger partial charge in [-0.15, -0.1) is 0 Å². The zero-order valence-electron chi connectivity index (χ0n) is 27.6. The first kappa shape index (κ1) is 37.5. The SMILES string of the molecule is CCc1cccc(CCOc2cc(C(=O)OC[C@H]3O[C@@H](Oc4ccc(C(=O)O)cc4OCNC(N)=NC)[C@H](O)[C@@H](O)[C@@H]3O)cc(OC)c2O)c1. The van der Waals surface area contributed by atoms with Gasteiger partial charge in [0.05, 0.1) is 24.8 Å². The molecule has 16 heteroatoms. The molecule has 1 aliphatic rings. The maximum absolute atomic E-state index is 13.1. The topological polar surface area (TPSA) is 241 Å². The van der Waals surface area contributed by atoms with Crippen molar-refractivity contribution in [1.82, 2.24) is 5.32 Å². The second-order valence-electron chi connectivity index (χ2n) is 11.1. The van der Waals surface area contributed by atoms with Gasteiger partial charge in [0.2, 0.25) is 12.0 Å².